The van der Waals surface area contributed by atoms with E-state index in [4.69, 9.17) is 4.42 Å². The molecule has 18 heavy (non-hydrogen) atoms. The minimum absolute atomic E-state index is 0.977. The second-order valence-corrected chi connectivity index (χ2v) is 4.94. The fraction of sp³-hybridized carbons (Fsp3) is 0.250. The van der Waals surface area contributed by atoms with Crippen LogP contribution in [0.15, 0.2) is 46.9 Å². The van der Waals surface area contributed by atoms with E-state index in [2.05, 4.69) is 49.3 Å². The van der Waals surface area contributed by atoms with Gasteiger partial charge in [-0.1, -0.05) is 30.3 Å². The fourth-order valence-corrected chi connectivity index (χ4v) is 2.40. The maximum Gasteiger partial charge on any atom is 0.135 e. The maximum atomic E-state index is 5.89. The van der Waals surface area contributed by atoms with Crippen LogP contribution in [0.2, 0.25) is 0 Å². The van der Waals surface area contributed by atoms with Crippen molar-refractivity contribution < 1.29 is 4.42 Å². The van der Waals surface area contributed by atoms with E-state index < -0.39 is 0 Å². The lowest BCUT2D eigenvalue weighted by Gasteiger charge is -2.09. The second kappa shape index (κ2) is 4.46. The zero-order chi connectivity index (χ0) is 12.5. The van der Waals surface area contributed by atoms with E-state index in [0.29, 0.717) is 0 Å². The molecule has 0 atom stereocenters. The molecule has 2 aromatic carbocycles. The Labute approximate surface area is 107 Å². The van der Waals surface area contributed by atoms with Gasteiger partial charge in [-0.3, -0.25) is 0 Å². The molecule has 0 unspecified atom stereocenters. The first kappa shape index (κ1) is 11.3. The summed E-state index contributed by atoms with van der Waals surface area (Å²) in [6.07, 6.45) is 1.05. The predicted molar refractivity (Wildman–Crippen MR) is 76.0 cm³/mol. The van der Waals surface area contributed by atoms with Gasteiger partial charge < -0.3 is 9.32 Å². The maximum absolute atomic E-state index is 5.89. The van der Waals surface area contributed by atoms with E-state index >= 15 is 0 Å². The van der Waals surface area contributed by atoms with Crippen LogP contribution in [-0.2, 0) is 6.42 Å². The van der Waals surface area contributed by atoms with Gasteiger partial charge in [0.1, 0.15) is 11.2 Å². The van der Waals surface area contributed by atoms with Crippen LogP contribution in [0.25, 0.3) is 21.9 Å². The van der Waals surface area contributed by atoms with Gasteiger partial charge in [0.15, 0.2) is 0 Å². The largest absolute Gasteiger partial charge is 0.456 e. The van der Waals surface area contributed by atoms with Crippen molar-refractivity contribution in [1.29, 1.82) is 0 Å². The van der Waals surface area contributed by atoms with Gasteiger partial charge in [0, 0.05) is 17.3 Å². The summed E-state index contributed by atoms with van der Waals surface area (Å²) in [5, 5.41) is 2.50. The lowest BCUT2D eigenvalue weighted by atomic mass is 10.0. The highest BCUT2D eigenvalue weighted by Gasteiger charge is 2.10. The highest BCUT2D eigenvalue weighted by Crippen LogP contribution is 2.31. The molecule has 0 bridgehead atoms. The fourth-order valence-electron chi connectivity index (χ4n) is 2.40. The number of hydrogen-bond acceptors (Lipinski definition) is 2. The second-order valence-electron chi connectivity index (χ2n) is 4.94. The van der Waals surface area contributed by atoms with Crippen LogP contribution in [0, 0.1) is 0 Å². The van der Waals surface area contributed by atoms with Crippen LogP contribution < -0.4 is 0 Å². The Balaban J connectivity index is 2.18. The number of nitrogens with zero attached hydrogens (tertiary/aromatic N) is 1. The van der Waals surface area contributed by atoms with Crippen molar-refractivity contribution in [1.82, 2.24) is 4.90 Å². The monoisotopic (exact) mass is 239 g/mol. The molecule has 2 nitrogen and oxygen atoms in total. The number of hydrogen-bond donors (Lipinski definition) is 0. The molecule has 0 saturated heterocycles. The highest BCUT2D eigenvalue weighted by molar-refractivity contribution is 6.06. The molecule has 0 radical (unpaired) electrons. The Morgan fingerprint density at radius 3 is 2.56 bits per heavy atom. The van der Waals surface area contributed by atoms with Crippen molar-refractivity contribution in [3.8, 4) is 0 Å². The molecule has 0 amide bonds. The summed E-state index contributed by atoms with van der Waals surface area (Å²) in [4.78, 5) is 2.21. The number of likely N-dealkylation sites (N-methyl/N-ethyl adjacent to an activating group) is 1. The molecule has 0 fully saturated rings. The van der Waals surface area contributed by atoms with Crippen LogP contribution in [0.5, 0.6) is 0 Å². The predicted octanol–water partition coefficient (Wildman–Crippen LogP) is 3.69. The summed E-state index contributed by atoms with van der Waals surface area (Å²) >= 11 is 0. The third-order valence-electron chi connectivity index (χ3n) is 3.32. The van der Waals surface area contributed by atoms with Gasteiger partial charge in [-0.25, -0.2) is 0 Å². The molecular formula is C16H17NO. The van der Waals surface area contributed by atoms with Gasteiger partial charge in [0.25, 0.3) is 0 Å². The average Bonchev–Trinajstić information content (AvgIpc) is 2.75. The zero-order valence-corrected chi connectivity index (χ0v) is 10.8. The Morgan fingerprint density at radius 2 is 1.72 bits per heavy atom. The minimum Gasteiger partial charge on any atom is -0.456 e. The quantitative estimate of drug-likeness (QED) is 0.693. The molecule has 0 spiro atoms. The molecular weight excluding hydrogens is 222 g/mol. The lowest BCUT2D eigenvalue weighted by Crippen LogP contribution is -2.15. The molecule has 1 aromatic heterocycles. The summed E-state index contributed by atoms with van der Waals surface area (Å²) in [5.41, 5.74) is 3.34. The zero-order valence-electron chi connectivity index (χ0n) is 10.8. The summed E-state index contributed by atoms with van der Waals surface area (Å²) < 4.78 is 5.89. The number of benzene rings is 2. The Hall–Kier alpha value is -1.80. The lowest BCUT2D eigenvalue weighted by molar-refractivity contribution is 0.414. The van der Waals surface area contributed by atoms with Crippen molar-refractivity contribution in [3.63, 3.8) is 0 Å². The smallest absolute Gasteiger partial charge is 0.135 e. The summed E-state index contributed by atoms with van der Waals surface area (Å²) in [6.45, 7) is 1.05. The number of rotatable bonds is 3. The standard InChI is InChI=1S/C16H17NO/c1-17(2)11-10-12-6-5-9-15-16(12)13-7-3-4-8-14(13)18-15/h3-9H,10-11H2,1-2H3. The Kier molecular flexibility index (Phi) is 2.80. The van der Waals surface area contributed by atoms with Crippen molar-refractivity contribution in [2.24, 2.45) is 0 Å². The van der Waals surface area contributed by atoms with Crippen molar-refractivity contribution >= 4 is 21.9 Å². The topological polar surface area (TPSA) is 16.4 Å². The Bertz CT molecular complexity index is 682. The number of furan rings is 1. The molecule has 2 heteroatoms. The van der Waals surface area contributed by atoms with Gasteiger partial charge in [0.05, 0.1) is 0 Å². The van der Waals surface area contributed by atoms with Crippen LogP contribution in [-0.4, -0.2) is 25.5 Å². The van der Waals surface area contributed by atoms with Gasteiger partial charge in [-0.15, -0.1) is 0 Å². The molecule has 0 saturated carbocycles. The summed E-state index contributed by atoms with van der Waals surface area (Å²) in [7, 11) is 4.21. The third kappa shape index (κ3) is 1.89. The molecule has 0 aliphatic carbocycles. The van der Waals surface area contributed by atoms with E-state index in [0.717, 1.165) is 24.1 Å². The van der Waals surface area contributed by atoms with Crippen LogP contribution in [0.1, 0.15) is 5.56 Å². The summed E-state index contributed by atoms with van der Waals surface area (Å²) in [5.74, 6) is 0. The first-order valence-electron chi connectivity index (χ1n) is 6.29. The molecule has 92 valence electrons. The van der Waals surface area contributed by atoms with Gasteiger partial charge in [-0.2, -0.15) is 0 Å². The van der Waals surface area contributed by atoms with Crippen LogP contribution >= 0.6 is 0 Å². The average molecular weight is 239 g/mol. The molecule has 0 aliphatic rings. The van der Waals surface area contributed by atoms with Crippen LogP contribution in [0.4, 0.5) is 0 Å². The highest BCUT2D eigenvalue weighted by atomic mass is 16.3. The van der Waals surface area contributed by atoms with E-state index in [1.165, 1.54) is 16.3 Å². The van der Waals surface area contributed by atoms with Gasteiger partial charge in [-0.05, 0) is 38.2 Å². The molecule has 0 aliphatic heterocycles. The summed E-state index contributed by atoms with van der Waals surface area (Å²) in [6, 6.07) is 14.6. The molecule has 1 heterocycles. The van der Waals surface area contributed by atoms with E-state index in [-0.39, 0.29) is 0 Å². The molecule has 0 N–H and O–H groups in total. The first-order valence-corrected chi connectivity index (χ1v) is 6.29. The third-order valence-corrected chi connectivity index (χ3v) is 3.32. The minimum atomic E-state index is 0.977. The van der Waals surface area contributed by atoms with Crippen molar-refractivity contribution in [2.45, 2.75) is 6.42 Å². The SMILES string of the molecule is CN(C)CCc1cccc2oc3ccccc3c12. The van der Waals surface area contributed by atoms with Crippen molar-refractivity contribution in [3.05, 3.63) is 48.0 Å². The Morgan fingerprint density at radius 1 is 0.944 bits per heavy atom. The van der Waals surface area contributed by atoms with E-state index in [1.54, 1.807) is 0 Å². The molecule has 3 aromatic rings. The van der Waals surface area contributed by atoms with Gasteiger partial charge >= 0.3 is 0 Å². The van der Waals surface area contributed by atoms with Crippen molar-refractivity contribution in [2.75, 3.05) is 20.6 Å². The number of para-hydroxylation sites is 1. The normalized spacial score (nSPS) is 11.7. The van der Waals surface area contributed by atoms with E-state index in [1.807, 2.05) is 12.1 Å². The van der Waals surface area contributed by atoms with Gasteiger partial charge in [0.2, 0.25) is 0 Å². The number of fused-ring (bicyclic) bond motifs is 3. The molecule has 3 rings (SSSR count). The van der Waals surface area contributed by atoms with E-state index in [9.17, 15) is 0 Å². The van der Waals surface area contributed by atoms with Crippen LogP contribution in [0.3, 0.4) is 0 Å². The first-order chi connectivity index (χ1) is 8.75.